The highest BCUT2D eigenvalue weighted by Crippen LogP contribution is 2.25. The average Bonchev–Trinajstić information content (AvgIpc) is 2.63. The molecule has 2 fully saturated rings. The number of ether oxygens (including phenoxy) is 1. The summed E-state index contributed by atoms with van der Waals surface area (Å²) in [6.45, 7) is 9.36. The van der Waals surface area contributed by atoms with Crippen molar-refractivity contribution >= 4 is 11.9 Å². The van der Waals surface area contributed by atoms with E-state index in [0.29, 0.717) is 18.7 Å². The van der Waals surface area contributed by atoms with Crippen LogP contribution in [0.2, 0.25) is 0 Å². The lowest BCUT2D eigenvalue weighted by atomic mass is 9.86. The molecule has 1 aliphatic carbocycles. The standard InChI is InChI=1S/C19H37N5O2/c1-5-20-19(21-13-17-14-23(3)11-12-24(17)4)22-16-9-7-15(8-10-16)18(25)26-6-2/h15-17H,5-14H2,1-4H3,(H2,20,21,22). The molecule has 0 aromatic heterocycles. The van der Waals surface area contributed by atoms with Gasteiger partial charge in [-0.3, -0.25) is 14.7 Å². The summed E-state index contributed by atoms with van der Waals surface area (Å²) in [6, 6.07) is 0.842. The topological polar surface area (TPSA) is 69.2 Å². The molecular weight excluding hydrogens is 330 g/mol. The Bertz CT molecular complexity index is 463. The number of hydrogen-bond donors (Lipinski definition) is 2. The monoisotopic (exact) mass is 367 g/mol. The van der Waals surface area contributed by atoms with Crippen molar-refractivity contribution in [3.63, 3.8) is 0 Å². The number of piperazine rings is 1. The van der Waals surface area contributed by atoms with E-state index in [2.05, 4.69) is 41.5 Å². The Hall–Kier alpha value is -1.34. The van der Waals surface area contributed by atoms with Gasteiger partial charge in [0.1, 0.15) is 0 Å². The zero-order valence-corrected chi connectivity index (χ0v) is 17.0. The molecule has 26 heavy (non-hydrogen) atoms. The van der Waals surface area contributed by atoms with E-state index in [9.17, 15) is 4.79 Å². The largest absolute Gasteiger partial charge is 0.466 e. The number of carbonyl (C=O) groups is 1. The van der Waals surface area contributed by atoms with Crippen molar-refractivity contribution in [3.8, 4) is 0 Å². The van der Waals surface area contributed by atoms with Gasteiger partial charge in [0.2, 0.25) is 0 Å². The molecule has 150 valence electrons. The smallest absolute Gasteiger partial charge is 0.308 e. The Morgan fingerprint density at radius 3 is 2.54 bits per heavy atom. The first-order chi connectivity index (χ1) is 12.5. The summed E-state index contributed by atoms with van der Waals surface area (Å²) in [5.41, 5.74) is 0. The fourth-order valence-corrected chi connectivity index (χ4v) is 3.74. The first kappa shape index (κ1) is 21.0. The number of guanidine groups is 1. The number of aliphatic imine (C=N–C) groups is 1. The van der Waals surface area contributed by atoms with Crippen molar-refractivity contribution in [2.45, 2.75) is 51.6 Å². The second-order valence-corrected chi connectivity index (χ2v) is 7.56. The summed E-state index contributed by atoms with van der Waals surface area (Å²) in [7, 11) is 4.36. The van der Waals surface area contributed by atoms with Crippen LogP contribution in [0.15, 0.2) is 4.99 Å². The lowest BCUT2D eigenvalue weighted by molar-refractivity contribution is -0.149. The van der Waals surface area contributed by atoms with Crippen LogP contribution < -0.4 is 10.6 Å². The fraction of sp³-hybridized carbons (Fsp3) is 0.895. The molecule has 1 saturated heterocycles. The lowest BCUT2D eigenvalue weighted by Crippen LogP contribution is -2.52. The van der Waals surface area contributed by atoms with E-state index >= 15 is 0 Å². The van der Waals surface area contributed by atoms with Gasteiger partial charge in [0.05, 0.1) is 19.1 Å². The molecule has 7 nitrogen and oxygen atoms in total. The molecule has 1 unspecified atom stereocenters. The number of carbonyl (C=O) groups excluding carboxylic acids is 1. The van der Waals surface area contributed by atoms with Gasteiger partial charge in [-0.25, -0.2) is 0 Å². The Balaban J connectivity index is 1.83. The molecule has 1 heterocycles. The van der Waals surface area contributed by atoms with Gasteiger partial charge in [0.15, 0.2) is 5.96 Å². The van der Waals surface area contributed by atoms with E-state index in [1.807, 2.05) is 6.92 Å². The second-order valence-electron chi connectivity index (χ2n) is 7.56. The average molecular weight is 368 g/mol. The SMILES string of the molecule is CCNC(=NCC1CN(C)CCN1C)NC1CCC(C(=O)OCC)CC1. The number of rotatable bonds is 6. The molecule has 1 aliphatic heterocycles. The maximum atomic E-state index is 11.9. The van der Waals surface area contributed by atoms with E-state index in [1.54, 1.807) is 0 Å². The molecule has 0 aromatic rings. The summed E-state index contributed by atoms with van der Waals surface area (Å²) < 4.78 is 5.16. The van der Waals surface area contributed by atoms with E-state index < -0.39 is 0 Å². The van der Waals surface area contributed by atoms with E-state index in [0.717, 1.165) is 64.4 Å². The molecule has 1 saturated carbocycles. The zero-order valence-electron chi connectivity index (χ0n) is 17.0. The van der Waals surface area contributed by atoms with Crippen LogP contribution in [0.25, 0.3) is 0 Å². The van der Waals surface area contributed by atoms with Gasteiger partial charge in [-0.05, 0) is 53.6 Å². The van der Waals surface area contributed by atoms with Gasteiger partial charge in [-0.2, -0.15) is 0 Å². The van der Waals surface area contributed by atoms with Crippen molar-refractivity contribution in [2.24, 2.45) is 10.9 Å². The Morgan fingerprint density at radius 2 is 1.88 bits per heavy atom. The first-order valence-corrected chi connectivity index (χ1v) is 10.1. The highest BCUT2D eigenvalue weighted by Gasteiger charge is 2.28. The van der Waals surface area contributed by atoms with Crippen LogP contribution in [0.5, 0.6) is 0 Å². The predicted molar refractivity (Wildman–Crippen MR) is 105 cm³/mol. The second kappa shape index (κ2) is 10.7. The molecule has 0 amide bonds. The summed E-state index contributed by atoms with van der Waals surface area (Å²) >= 11 is 0. The summed E-state index contributed by atoms with van der Waals surface area (Å²) in [5, 5.41) is 6.93. The molecule has 2 rings (SSSR count). The summed E-state index contributed by atoms with van der Waals surface area (Å²) in [5.74, 6) is 0.934. The Kier molecular flexibility index (Phi) is 8.65. The molecule has 2 aliphatic rings. The minimum Gasteiger partial charge on any atom is -0.466 e. The normalized spacial score (nSPS) is 28.6. The van der Waals surface area contributed by atoms with Gasteiger partial charge in [-0.15, -0.1) is 0 Å². The van der Waals surface area contributed by atoms with Crippen LogP contribution >= 0.6 is 0 Å². The van der Waals surface area contributed by atoms with Crippen LogP contribution in [-0.2, 0) is 9.53 Å². The molecule has 0 aromatic carbocycles. The van der Waals surface area contributed by atoms with E-state index in [-0.39, 0.29) is 11.9 Å². The maximum Gasteiger partial charge on any atom is 0.308 e. The number of nitrogens with zero attached hydrogens (tertiary/aromatic N) is 3. The molecular formula is C19H37N5O2. The van der Waals surface area contributed by atoms with Crippen LogP contribution in [0.3, 0.4) is 0 Å². The lowest BCUT2D eigenvalue weighted by Gasteiger charge is -2.37. The predicted octanol–water partition coefficient (Wildman–Crippen LogP) is 0.909. The summed E-state index contributed by atoms with van der Waals surface area (Å²) in [4.78, 5) is 21.5. The zero-order chi connectivity index (χ0) is 18.9. The van der Waals surface area contributed by atoms with Gasteiger partial charge >= 0.3 is 5.97 Å². The van der Waals surface area contributed by atoms with Gasteiger partial charge in [0, 0.05) is 38.3 Å². The Labute approximate surface area is 158 Å². The molecule has 2 N–H and O–H groups in total. The van der Waals surface area contributed by atoms with Crippen LogP contribution in [-0.4, -0.2) is 87.2 Å². The first-order valence-electron chi connectivity index (χ1n) is 10.1. The quantitative estimate of drug-likeness (QED) is 0.413. The third kappa shape index (κ3) is 6.43. The van der Waals surface area contributed by atoms with Crippen molar-refractivity contribution in [2.75, 3.05) is 53.4 Å². The van der Waals surface area contributed by atoms with Crippen LogP contribution in [0, 0.1) is 5.92 Å². The molecule has 0 spiro atoms. The molecule has 0 bridgehead atoms. The molecule has 0 radical (unpaired) electrons. The van der Waals surface area contributed by atoms with Crippen molar-refractivity contribution in [3.05, 3.63) is 0 Å². The number of likely N-dealkylation sites (N-methyl/N-ethyl adjacent to an activating group) is 2. The number of hydrogen-bond acceptors (Lipinski definition) is 5. The van der Waals surface area contributed by atoms with Crippen molar-refractivity contribution in [1.29, 1.82) is 0 Å². The van der Waals surface area contributed by atoms with Crippen LogP contribution in [0.4, 0.5) is 0 Å². The highest BCUT2D eigenvalue weighted by atomic mass is 16.5. The van der Waals surface area contributed by atoms with Crippen molar-refractivity contribution in [1.82, 2.24) is 20.4 Å². The fourth-order valence-electron chi connectivity index (χ4n) is 3.74. The van der Waals surface area contributed by atoms with Crippen LogP contribution in [0.1, 0.15) is 39.5 Å². The highest BCUT2D eigenvalue weighted by molar-refractivity contribution is 5.80. The molecule has 1 atom stereocenters. The minimum atomic E-state index is -0.0315. The summed E-state index contributed by atoms with van der Waals surface area (Å²) in [6.07, 6.45) is 3.76. The van der Waals surface area contributed by atoms with Crippen molar-refractivity contribution < 1.29 is 9.53 Å². The van der Waals surface area contributed by atoms with E-state index in [1.165, 1.54) is 0 Å². The molecule has 7 heteroatoms. The van der Waals surface area contributed by atoms with E-state index in [4.69, 9.17) is 9.73 Å². The third-order valence-electron chi connectivity index (χ3n) is 5.47. The minimum absolute atomic E-state index is 0.0315. The third-order valence-corrected chi connectivity index (χ3v) is 5.47. The Morgan fingerprint density at radius 1 is 1.15 bits per heavy atom. The number of esters is 1. The van der Waals surface area contributed by atoms with Gasteiger partial charge in [-0.1, -0.05) is 0 Å². The maximum absolute atomic E-state index is 11.9. The number of nitrogens with one attached hydrogen (secondary N) is 2. The van der Waals surface area contributed by atoms with Gasteiger partial charge in [0.25, 0.3) is 0 Å². The van der Waals surface area contributed by atoms with Gasteiger partial charge < -0.3 is 20.3 Å².